The van der Waals surface area contributed by atoms with Gasteiger partial charge in [0.05, 0.1) is 38.0 Å². The third kappa shape index (κ3) is 4.65. The van der Waals surface area contributed by atoms with Crippen LogP contribution >= 0.6 is 11.6 Å². The fourth-order valence-corrected chi connectivity index (χ4v) is 3.67. The topological polar surface area (TPSA) is 84.4 Å². The minimum Gasteiger partial charge on any atom is -0.495 e. The maximum Gasteiger partial charge on any atom is 0.229 e. The number of aromatic nitrogens is 3. The number of ether oxygens (including phenoxy) is 2. The van der Waals surface area contributed by atoms with Gasteiger partial charge in [-0.3, -0.25) is 0 Å². The van der Waals surface area contributed by atoms with E-state index in [-0.39, 0.29) is 0 Å². The highest BCUT2D eigenvalue weighted by molar-refractivity contribution is 6.32. The Morgan fingerprint density at radius 2 is 1.84 bits per heavy atom. The lowest BCUT2D eigenvalue weighted by atomic mass is 9.99. The number of fused-ring (bicyclic) bond motifs is 1. The molecule has 9 heteroatoms. The van der Waals surface area contributed by atoms with Crippen LogP contribution in [0.15, 0.2) is 30.6 Å². The number of nitrogens with one attached hydrogen (secondary N) is 2. The number of pyridine rings is 1. The van der Waals surface area contributed by atoms with Crippen LogP contribution in [-0.4, -0.2) is 47.7 Å². The van der Waals surface area contributed by atoms with Crippen LogP contribution in [0, 0.1) is 6.92 Å². The number of methoxy groups -OCH3 is 2. The molecular weight excluding hydrogens is 416 g/mol. The van der Waals surface area contributed by atoms with Gasteiger partial charge in [0.15, 0.2) is 5.82 Å². The Labute approximate surface area is 186 Å². The summed E-state index contributed by atoms with van der Waals surface area (Å²) < 4.78 is 10.8. The van der Waals surface area contributed by atoms with Crippen molar-refractivity contribution in [3.8, 4) is 11.6 Å². The van der Waals surface area contributed by atoms with E-state index in [2.05, 4.69) is 49.7 Å². The Hall–Kier alpha value is -3.10. The molecule has 4 rings (SSSR count). The second-order valence-electron chi connectivity index (χ2n) is 7.49. The number of aryl methyl sites for hydroxylation is 1. The first kappa shape index (κ1) is 21.1. The van der Waals surface area contributed by atoms with Crippen LogP contribution in [0.25, 0.3) is 0 Å². The molecule has 8 nitrogen and oxygen atoms in total. The van der Waals surface area contributed by atoms with E-state index in [0.29, 0.717) is 22.7 Å². The maximum absolute atomic E-state index is 6.34. The van der Waals surface area contributed by atoms with Gasteiger partial charge < -0.3 is 25.0 Å². The zero-order chi connectivity index (χ0) is 22.0. The first-order valence-electron chi connectivity index (χ1n) is 9.92. The van der Waals surface area contributed by atoms with E-state index < -0.39 is 0 Å². The predicted molar refractivity (Wildman–Crippen MR) is 122 cm³/mol. The van der Waals surface area contributed by atoms with Crippen molar-refractivity contribution in [3.05, 3.63) is 52.3 Å². The highest BCUT2D eigenvalue weighted by Gasteiger charge is 2.18. The van der Waals surface area contributed by atoms with Crippen LogP contribution in [0.2, 0.25) is 5.02 Å². The van der Waals surface area contributed by atoms with Crippen LogP contribution in [-0.2, 0) is 13.0 Å². The van der Waals surface area contributed by atoms with Crippen molar-refractivity contribution in [3.63, 3.8) is 0 Å². The molecular formula is C22H25ClN6O2. The van der Waals surface area contributed by atoms with Crippen molar-refractivity contribution in [2.75, 3.05) is 38.4 Å². The van der Waals surface area contributed by atoms with Crippen LogP contribution in [0.4, 0.5) is 23.1 Å². The highest BCUT2D eigenvalue weighted by Crippen LogP contribution is 2.34. The molecule has 0 bridgehead atoms. The summed E-state index contributed by atoms with van der Waals surface area (Å²) in [6.07, 6.45) is 4.25. The average Bonchev–Trinajstić information content (AvgIpc) is 2.76. The van der Waals surface area contributed by atoms with Gasteiger partial charge in [-0.05, 0) is 49.2 Å². The fourth-order valence-electron chi connectivity index (χ4n) is 3.53. The lowest BCUT2D eigenvalue weighted by molar-refractivity contribution is 0.312. The molecule has 1 aromatic carbocycles. The largest absolute Gasteiger partial charge is 0.495 e. The summed E-state index contributed by atoms with van der Waals surface area (Å²) >= 11 is 6.34. The van der Waals surface area contributed by atoms with Gasteiger partial charge in [0.2, 0.25) is 11.8 Å². The van der Waals surface area contributed by atoms with E-state index >= 15 is 0 Å². The summed E-state index contributed by atoms with van der Waals surface area (Å²) in [6, 6.07) is 6.03. The van der Waals surface area contributed by atoms with Crippen molar-refractivity contribution in [2.24, 2.45) is 0 Å². The van der Waals surface area contributed by atoms with Crippen molar-refractivity contribution in [1.82, 2.24) is 19.9 Å². The van der Waals surface area contributed by atoms with Crippen molar-refractivity contribution in [2.45, 2.75) is 19.9 Å². The summed E-state index contributed by atoms with van der Waals surface area (Å²) in [5.41, 5.74) is 5.12. The average molecular weight is 441 g/mol. The second kappa shape index (κ2) is 8.95. The number of halogens is 1. The number of hydrogen-bond acceptors (Lipinski definition) is 8. The summed E-state index contributed by atoms with van der Waals surface area (Å²) in [6.45, 7) is 3.89. The second-order valence-corrected chi connectivity index (χ2v) is 7.90. The van der Waals surface area contributed by atoms with Crippen molar-refractivity contribution >= 4 is 34.7 Å². The van der Waals surface area contributed by atoms with Gasteiger partial charge in [-0.2, -0.15) is 4.98 Å². The third-order valence-electron chi connectivity index (χ3n) is 5.26. The standard InChI is InChI=1S/C22H25ClN6O2/c1-13-7-20(31-4)24-11-18(13)26-21-16(23)10-25-22(28-21)27-17-8-15-12-29(2)6-5-14(15)9-19(17)30-3/h7-11H,5-6,12H2,1-4H3,(H2,25,26,27,28). The quantitative estimate of drug-likeness (QED) is 0.586. The number of benzene rings is 1. The van der Waals surface area contributed by atoms with Crippen LogP contribution in [0.5, 0.6) is 11.6 Å². The molecule has 0 saturated carbocycles. The maximum atomic E-state index is 6.34. The summed E-state index contributed by atoms with van der Waals surface area (Å²) in [5.74, 6) is 2.19. The summed E-state index contributed by atoms with van der Waals surface area (Å²) in [5, 5.41) is 6.90. The molecule has 0 spiro atoms. The minimum atomic E-state index is 0.403. The van der Waals surface area contributed by atoms with Crippen molar-refractivity contribution < 1.29 is 9.47 Å². The van der Waals surface area contributed by atoms with E-state index in [4.69, 9.17) is 21.1 Å². The Morgan fingerprint density at radius 3 is 2.58 bits per heavy atom. The minimum absolute atomic E-state index is 0.403. The molecule has 2 N–H and O–H groups in total. The van der Waals surface area contributed by atoms with Gasteiger partial charge in [-0.15, -0.1) is 0 Å². The van der Waals surface area contributed by atoms with Gasteiger partial charge in [0.25, 0.3) is 0 Å². The molecule has 0 fully saturated rings. The highest BCUT2D eigenvalue weighted by atomic mass is 35.5. The molecule has 1 aliphatic heterocycles. The SMILES string of the molecule is COc1cc(C)c(Nc2nc(Nc3cc4c(cc3OC)CCN(C)C4)ncc2Cl)cn1. The number of anilines is 4. The smallest absolute Gasteiger partial charge is 0.229 e. The number of nitrogens with zero attached hydrogens (tertiary/aromatic N) is 4. The van der Waals surface area contributed by atoms with Gasteiger partial charge >= 0.3 is 0 Å². The molecule has 2 aromatic heterocycles. The third-order valence-corrected chi connectivity index (χ3v) is 5.54. The predicted octanol–water partition coefficient (Wildman–Crippen LogP) is 4.33. The number of likely N-dealkylation sites (N-methyl/N-ethyl adjacent to an activating group) is 1. The van der Waals surface area contributed by atoms with Crippen LogP contribution in [0.1, 0.15) is 16.7 Å². The molecule has 0 radical (unpaired) electrons. The molecule has 3 heterocycles. The Morgan fingerprint density at radius 1 is 1.00 bits per heavy atom. The van der Waals surface area contributed by atoms with Gasteiger partial charge in [0, 0.05) is 19.2 Å². The lowest BCUT2D eigenvalue weighted by Crippen LogP contribution is -2.26. The molecule has 0 atom stereocenters. The fraction of sp³-hybridized carbons (Fsp3) is 0.318. The van der Waals surface area contributed by atoms with Gasteiger partial charge in [-0.1, -0.05) is 11.6 Å². The molecule has 31 heavy (non-hydrogen) atoms. The Kier molecular flexibility index (Phi) is 6.11. The van der Waals surface area contributed by atoms with Crippen molar-refractivity contribution in [1.29, 1.82) is 0 Å². The van der Waals surface area contributed by atoms with E-state index in [1.165, 1.54) is 11.1 Å². The Balaban J connectivity index is 1.61. The normalized spacial score (nSPS) is 13.5. The first-order valence-corrected chi connectivity index (χ1v) is 10.3. The monoisotopic (exact) mass is 440 g/mol. The lowest BCUT2D eigenvalue weighted by Gasteiger charge is -2.26. The summed E-state index contributed by atoms with van der Waals surface area (Å²) in [7, 11) is 5.37. The van der Waals surface area contributed by atoms with E-state index in [1.807, 2.05) is 13.0 Å². The van der Waals surface area contributed by atoms with E-state index in [9.17, 15) is 0 Å². The molecule has 3 aromatic rings. The summed E-state index contributed by atoms with van der Waals surface area (Å²) in [4.78, 5) is 15.4. The van der Waals surface area contributed by atoms with Crippen LogP contribution in [0.3, 0.4) is 0 Å². The van der Waals surface area contributed by atoms with Crippen LogP contribution < -0.4 is 20.1 Å². The van der Waals surface area contributed by atoms with E-state index in [1.54, 1.807) is 26.6 Å². The Bertz CT molecular complexity index is 1110. The number of rotatable bonds is 6. The molecule has 0 saturated heterocycles. The molecule has 0 amide bonds. The molecule has 0 unspecified atom stereocenters. The molecule has 162 valence electrons. The zero-order valence-corrected chi connectivity index (χ0v) is 18.7. The van der Waals surface area contributed by atoms with Gasteiger partial charge in [0.1, 0.15) is 10.8 Å². The van der Waals surface area contributed by atoms with E-state index in [0.717, 1.165) is 42.2 Å². The first-order chi connectivity index (χ1) is 15.0. The zero-order valence-electron chi connectivity index (χ0n) is 18.0. The molecule has 0 aliphatic carbocycles. The van der Waals surface area contributed by atoms with Gasteiger partial charge in [-0.25, -0.2) is 9.97 Å². The number of hydrogen-bond donors (Lipinski definition) is 2. The molecule has 1 aliphatic rings.